The first kappa shape index (κ1) is 8.19. The van der Waals surface area contributed by atoms with Gasteiger partial charge in [-0.15, -0.1) is 11.3 Å². The van der Waals surface area contributed by atoms with Crippen molar-refractivity contribution in [2.45, 2.75) is 12.6 Å². The third-order valence-electron chi connectivity index (χ3n) is 1.47. The molecule has 0 aliphatic rings. The van der Waals surface area contributed by atoms with Gasteiger partial charge in [-0.2, -0.15) is 0 Å². The second-order valence-corrected chi connectivity index (χ2v) is 7.28. The molecular weight excluding hydrogens is 176 g/mol. The Balaban J connectivity index is 2.40. The molecule has 1 nitrogen and oxygen atoms in total. The lowest BCUT2D eigenvalue weighted by molar-refractivity contribution is 0.636. The van der Waals surface area contributed by atoms with Crippen LogP contribution in [-0.4, -0.2) is 19.5 Å². The summed E-state index contributed by atoms with van der Waals surface area (Å²) in [5.74, 6) is 0. The molecule has 0 bridgehead atoms. The van der Waals surface area contributed by atoms with Crippen LogP contribution in [0.15, 0.2) is 17.5 Å². The van der Waals surface area contributed by atoms with Gasteiger partial charge in [-0.25, -0.2) is 0 Å². The number of thiophene rings is 1. The van der Waals surface area contributed by atoms with Crippen molar-refractivity contribution in [2.24, 2.45) is 0 Å². The van der Waals surface area contributed by atoms with E-state index in [1.165, 1.54) is 10.9 Å². The van der Waals surface area contributed by atoms with E-state index < -0.39 is 9.04 Å². The number of rotatable bonds is 3. The van der Waals surface area contributed by atoms with Gasteiger partial charge in [0.15, 0.2) is 9.04 Å². The van der Waals surface area contributed by atoms with Crippen LogP contribution < -0.4 is 0 Å². The molecule has 1 unspecified atom stereocenters. The minimum absolute atomic E-state index is 0.802. The molecule has 0 N–H and O–H groups in total. The molecular formula is C6H12OSSi2. The van der Waals surface area contributed by atoms with Crippen LogP contribution in [0.3, 0.4) is 0 Å². The van der Waals surface area contributed by atoms with E-state index in [4.69, 9.17) is 4.12 Å². The van der Waals surface area contributed by atoms with E-state index in [1.54, 1.807) is 0 Å². The third-order valence-corrected chi connectivity index (χ3v) is 6.90. The lowest BCUT2D eigenvalue weighted by Crippen LogP contribution is -2.14. The third kappa shape index (κ3) is 2.38. The Morgan fingerprint density at radius 2 is 2.60 bits per heavy atom. The molecule has 1 heterocycles. The SMILES string of the molecule is C[SiH](Cc1cccs1)O[SiH3]. The Morgan fingerprint density at radius 1 is 1.80 bits per heavy atom. The van der Waals surface area contributed by atoms with Crippen LogP contribution in [-0.2, 0) is 10.2 Å². The average molecular weight is 188 g/mol. The van der Waals surface area contributed by atoms with Crippen molar-refractivity contribution >= 4 is 30.9 Å². The molecule has 0 saturated carbocycles. The molecule has 10 heavy (non-hydrogen) atoms. The zero-order chi connectivity index (χ0) is 7.40. The van der Waals surface area contributed by atoms with Crippen LogP contribution in [0.5, 0.6) is 0 Å². The summed E-state index contributed by atoms with van der Waals surface area (Å²) >= 11 is 1.84. The fraction of sp³-hybridized carbons (Fsp3) is 0.333. The van der Waals surface area contributed by atoms with Gasteiger partial charge in [-0.1, -0.05) is 6.07 Å². The molecule has 0 radical (unpaired) electrons. The van der Waals surface area contributed by atoms with Crippen LogP contribution in [0, 0.1) is 0 Å². The molecule has 0 aliphatic carbocycles. The fourth-order valence-electron chi connectivity index (χ4n) is 0.795. The summed E-state index contributed by atoms with van der Waals surface area (Å²) in [5.41, 5.74) is 0. The van der Waals surface area contributed by atoms with Gasteiger partial charge in [-0.3, -0.25) is 0 Å². The van der Waals surface area contributed by atoms with Crippen molar-refractivity contribution < 1.29 is 4.12 Å². The molecule has 4 heteroatoms. The van der Waals surface area contributed by atoms with Crippen molar-refractivity contribution in [3.05, 3.63) is 22.4 Å². The predicted molar refractivity (Wildman–Crippen MR) is 52.1 cm³/mol. The lowest BCUT2D eigenvalue weighted by atomic mass is 10.5. The highest BCUT2D eigenvalue weighted by molar-refractivity contribution is 7.10. The molecule has 0 saturated heterocycles. The van der Waals surface area contributed by atoms with E-state index >= 15 is 0 Å². The topological polar surface area (TPSA) is 9.23 Å². The Labute approximate surface area is 70.3 Å². The molecule has 0 spiro atoms. The van der Waals surface area contributed by atoms with E-state index in [0.717, 1.165) is 10.5 Å². The van der Waals surface area contributed by atoms with Gasteiger partial charge in [0.25, 0.3) is 0 Å². The summed E-state index contributed by atoms with van der Waals surface area (Å²) in [6.07, 6.45) is 0. The first-order chi connectivity index (χ1) is 4.83. The first-order valence-corrected chi connectivity index (χ1v) is 7.52. The van der Waals surface area contributed by atoms with Gasteiger partial charge in [-0.05, 0) is 24.0 Å². The number of hydrogen-bond acceptors (Lipinski definition) is 2. The van der Waals surface area contributed by atoms with Crippen molar-refractivity contribution in [2.75, 3.05) is 0 Å². The highest BCUT2D eigenvalue weighted by atomic mass is 32.1. The maximum absolute atomic E-state index is 5.41. The Bertz CT molecular complexity index is 176. The van der Waals surface area contributed by atoms with E-state index in [0.29, 0.717) is 0 Å². The molecule has 1 atom stereocenters. The smallest absolute Gasteiger partial charge is 0.164 e. The standard InChI is InChI=1S/C6H12OSSi2/c1-10(7-9)5-6-3-2-4-8-6/h2-4,10H,5H2,1,9H3. The largest absolute Gasteiger partial charge is 0.465 e. The maximum Gasteiger partial charge on any atom is 0.164 e. The Hall–Kier alpha value is 0.0938. The van der Waals surface area contributed by atoms with Crippen LogP contribution in [0.25, 0.3) is 0 Å². The Kier molecular flexibility index (Phi) is 3.34. The average Bonchev–Trinajstić information content (AvgIpc) is 2.40. The second kappa shape index (κ2) is 4.07. The summed E-state index contributed by atoms with van der Waals surface area (Å²) in [5, 5.41) is 2.13. The summed E-state index contributed by atoms with van der Waals surface area (Å²) in [6, 6.07) is 5.50. The highest BCUT2D eigenvalue weighted by Crippen LogP contribution is 2.10. The normalized spacial score (nSPS) is 13.7. The van der Waals surface area contributed by atoms with E-state index in [9.17, 15) is 0 Å². The molecule has 1 aromatic heterocycles. The monoisotopic (exact) mass is 188 g/mol. The molecule has 1 rings (SSSR count). The van der Waals surface area contributed by atoms with Crippen LogP contribution in [0.2, 0.25) is 6.55 Å². The van der Waals surface area contributed by atoms with E-state index in [1.807, 2.05) is 11.3 Å². The van der Waals surface area contributed by atoms with Crippen LogP contribution in [0.1, 0.15) is 4.88 Å². The molecule has 0 fully saturated rings. The van der Waals surface area contributed by atoms with Crippen LogP contribution in [0.4, 0.5) is 0 Å². The van der Waals surface area contributed by atoms with Crippen molar-refractivity contribution in [1.29, 1.82) is 0 Å². The molecule has 0 aromatic carbocycles. The van der Waals surface area contributed by atoms with Gasteiger partial charge in [0.1, 0.15) is 10.5 Å². The van der Waals surface area contributed by atoms with Gasteiger partial charge >= 0.3 is 0 Å². The fourth-order valence-corrected chi connectivity index (χ4v) is 3.74. The molecule has 0 aliphatic heterocycles. The minimum atomic E-state index is -0.802. The maximum atomic E-state index is 5.41. The summed E-state index contributed by atoms with van der Waals surface area (Å²) < 4.78 is 5.41. The van der Waals surface area contributed by atoms with Crippen LogP contribution >= 0.6 is 11.3 Å². The van der Waals surface area contributed by atoms with Crippen molar-refractivity contribution in [3.63, 3.8) is 0 Å². The van der Waals surface area contributed by atoms with Gasteiger partial charge in [0.05, 0.1) is 0 Å². The minimum Gasteiger partial charge on any atom is -0.465 e. The Morgan fingerprint density at radius 3 is 3.10 bits per heavy atom. The highest BCUT2D eigenvalue weighted by Gasteiger charge is 2.02. The lowest BCUT2D eigenvalue weighted by Gasteiger charge is -2.04. The number of hydrogen-bond donors (Lipinski definition) is 0. The van der Waals surface area contributed by atoms with E-state index in [2.05, 4.69) is 24.1 Å². The summed E-state index contributed by atoms with van der Waals surface area (Å²) in [7, 11) is 0.107. The molecule has 0 amide bonds. The van der Waals surface area contributed by atoms with E-state index in [-0.39, 0.29) is 0 Å². The molecule has 1 aromatic rings. The quantitative estimate of drug-likeness (QED) is 0.627. The first-order valence-electron chi connectivity index (χ1n) is 3.38. The van der Waals surface area contributed by atoms with Gasteiger partial charge in [0, 0.05) is 4.88 Å². The van der Waals surface area contributed by atoms with Crippen molar-refractivity contribution in [1.82, 2.24) is 0 Å². The summed E-state index contributed by atoms with van der Waals surface area (Å²) in [4.78, 5) is 1.48. The summed E-state index contributed by atoms with van der Waals surface area (Å²) in [6.45, 7) is 2.26. The zero-order valence-corrected chi connectivity index (χ0v) is 10.3. The predicted octanol–water partition coefficient (Wildman–Crippen LogP) is 0.480. The van der Waals surface area contributed by atoms with Gasteiger partial charge in [0.2, 0.25) is 0 Å². The zero-order valence-electron chi connectivity index (χ0n) is 6.33. The second-order valence-electron chi connectivity index (χ2n) is 2.33. The molecule has 56 valence electrons. The van der Waals surface area contributed by atoms with Crippen molar-refractivity contribution in [3.8, 4) is 0 Å². The van der Waals surface area contributed by atoms with Gasteiger partial charge < -0.3 is 4.12 Å².